The summed E-state index contributed by atoms with van der Waals surface area (Å²) in [4.78, 5) is 28.1. The molecule has 38 heavy (non-hydrogen) atoms. The number of rotatable bonds is 11. The molecule has 0 saturated carbocycles. The predicted molar refractivity (Wildman–Crippen MR) is 149 cm³/mol. The molecule has 202 valence electrons. The highest BCUT2D eigenvalue weighted by Gasteiger charge is 2.33. The molecule has 3 rings (SSSR count). The fourth-order valence-corrected chi connectivity index (χ4v) is 5.60. The number of amides is 2. The lowest BCUT2D eigenvalue weighted by atomic mass is 10.1. The van der Waals surface area contributed by atoms with Gasteiger partial charge in [0, 0.05) is 18.6 Å². The second kappa shape index (κ2) is 12.8. The molecule has 0 aromatic heterocycles. The highest BCUT2D eigenvalue weighted by molar-refractivity contribution is 7.92. The molecule has 0 saturated heterocycles. The van der Waals surface area contributed by atoms with Crippen molar-refractivity contribution in [1.82, 2.24) is 10.2 Å². The molecule has 0 heterocycles. The first kappa shape index (κ1) is 29.0. The number of carbonyl (C=O) groups is 2. The lowest BCUT2D eigenvalue weighted by Gasteiger charge is -2.33. The zero-order chi connectivity index (χ0) is 27.9. The average Bonchev–Trinajstić information content (AvgIpc) is 2.93. The number of nitrogens with zero attached hydrogens (tertiary/aromatic N) is 2. The van der Waals surface area contributed by atoms with E-state index in [0.29, 0.717) is 17.2 Å². The van der Waals surface area contributed by atoms with Crippen LogP contribution in [0.5, 0.6) is 5.75 Å². The number of carbonyl (C=O) groups excluding carboxylic acids is 2. The molecule has 8 nitrogen and oxygen atoms in total. The van der Waals surface area contributed by atoms with Crippen LogP contribution in [0, 0.1) is 6.92 Å². The molecule has 0 aliphatic heterocycles. The third-order valence-electron chi connectivity index (χ3n) is 6.20. The third-order valence-corrected chi connectivity index (χ3v) is 8.39. The van der Waals surface area contributed by atoms with E-state index in [1.54, 1.807) is 75.6 Å². The minimum atomic E-state index is -4.14. The highest BCUT2D eigenvalue weighted by Crippen LogP contribution is 2.28. The van der Waals surface area contributed by atoms with Crippen LogP contribution in [0.15, 0.2) is 77.7 Å². The molecule has 3 aromatic rings. The second-order valence-corrected chi connectivity index (χ2v) is 10.9. The molecule has 0 aliphatic rings. The second-order valence-electron chi connectivity index (χ2n) is 8.67. The topological polar surface area (TPSA) is 96.0 Å². The van der Waals surface area contributed by atoms with Crippen molar-refractivity contribution in [2.45, 2.75) is 37.8 Å². The van der Waals surface area contributed by atoms with E-state index in [1.807, 2.05) is 0 Å². The largest absolute Gasteiger partial charge is 0.497 e. The summed E-state index contributed by atoms with van der Waals surface area (Å²) < 4.78 is 33.8. The number of ether oxygens (including phenoxy) is 1. The van der Waals surface area contributed by atoms with Crippen LogP contribution in [0.4, 0.5) is 5.69 Å². The van der Waals surface area contributed by atoms with Crippen LogP contribution < -0.4 is 14.4 Å². The van der Waals surface area contributed by atoms with Crippen LogP contribution in [0.3, 0.4) is 0 Å². The van der Waals surface area contributed by atoms with Crippen molar-refractivity contribution in [3.8, 4) is 5.75 Å². The maximum Gasteiger partial charge on any atom is 0.264 e. The number of likely N-dealkylation sites (N-methyl/N-ethyl adjacent to an activating group) is 1. The van der Waals surface area contributed by atoms with Crippen molar-refractivity contribution in [2.24, 2.45) is 0 Å². The Morgan fingerprint density at radius 1 is 1.03 bits per heavy atom. The van der Waals surface area contributed by atoms with Gasteiger partial charge < -0.3 is 15.0 Å². The molecule has 0 bridgehead atoms. The van der Waals surface area contributed by atoms with E-state index in [0.717, 1.165) is 15.4 Å². The summed E-state index contributed by atoms with van der Waals surface area (Å²) in [6.07, 6.45) is 0.337. The maximum absolute atomic E-state index is 13.9. The Kier molecular flexibility index (Phi) is 9.77. The summed E-state index contributed by atoms with van der Waals surface area (Å²) in [5, 5.41) is 2.98. The highest BCUT2D eigenvalue weighted by atomic mass is 35.5. The Labute approximate surface area is 229 Å². The van der Waals surface area contributed by atoms with Crippen LogP contribution in [0.25, 0.3) is 0 Å². The Hall–Kier alpha value is -3.56. The molecule has 0 spiro atoms. The van der Waals surface area contributed by atoms with Crippen LogP contribution in [-0.2, 0) is 26.2 Å². The summed E-state index contributed by atoms with van der Waals surface area (Å²) in [5.74, 6) is -0.223. The molecule has 1 N–H and O–H groups in total. The molecule has 3 aromatic carbocycles. The van der Waals surface area contributed by atoms with Crippen LogP contribution >= 0.6 is 11.6 Å². The van der Waals surface area contributed by atoms with Crippen LogP contribution in [0.2, 0.25) is 5.02 Å². The Bertz CT molecular complexity index is 1360. The van der Waals surface area contributed by atoms with Crippen LogP contribution in [0.1, 0.15) is 24.5 Å². The van der Waals surface area contributed by atoms with Gasteiger partial charge in [-0.15, -0.1) is 0 Å². The van der Waals surface area contributed by atoms with Gasteiger partial charge in [-0.25, -0.2) is 8.42 Å². The van der Waals surface area contributed by atoms with E-state index in [4.69, 9.17) is 16.3 Å². The minimum absolute atomic E-state index is 0.0320. The number of anilines is 1. The van der Waals surface area contributed by atoms with Crippen molar-refractivity contribution >= 4 is 39.1 Å². The van der Waals surface area contributed by atoms with E-state index in [9.17, 15) is 18.0 Å². The first-order chi connectivity index (χ1) is 18.1. The lowest BCUT2D eigenvalue weighted by Crippen LogP contribution is -2.51. The Balaban J connectivity index is 2.06. The van der Waals surface area contributed by atoms with Crippen molar-refractivity contribution in [2.75, 3.05) is 25.0 Å². The zero-order valence-corrected chi connectivity index (χ0v) is 23.4. The van der Waals surface area contributed by atoms with E-state index in [2.05, 4.69) is 5.32 Å². The minimum Gasteiger partial charge on any atom is -0.497 e. The number of nitrogens with one attached hydrogen (secondary N) is 1. The van der Waals surface area contributed by atoms with Gasteiger partial charge in [-0.1, -0.05) is 54.9 Å². The van der Waals surface area contributed by atoms with Crippen molar-refractivity contribution < 1.29 is 22.7 Å². The monoisotopic (exact) mass is 557 g/mol. The summed E-state index contributed by atoms with van der Waals surface area (Å²) in [7, 11) is -1.08. The number of sulfonamides is 1. The fourth-order valence-electron chi connectivity index (χ4n) is 4.00. The van der Waals surface area contributed by atoms with Gasteiger partial charge >= 0.3 is 0 Å². The molecular formula is C28H32ClN3O5S. The van der Waals surface area contributed by atoms with Gasteiger partial charge in [-0.2, -0.15) is 0 Å². The molecular weight excluding hydrogens is 526 g/mol. The molecule has 0 radical (unpaired) electrons. The van der Waals surface area contributed by atoms with Gasteiger partial charge in [0.1, 0.15) is 18.3 Å². The standard InChI is InChI=1S/C28H32ClN3O5S/c1-5-26(28(34)30-3)31(18-21-12-15-23(37-4)16-13-21)27(33)19-32(22-14-11-20(2)25(29)17-22)38(35,36)24-9-7-6-8-10-24/h6-17,26H,5,18-19H2,1-4H3,(H,30,34). The summed E-state index contributed by atoms with van der Waals surface area (Å²) in [6.45, 7) is 3.18. The van der Waals surface area contributed by atoms with Crippen molar-refractivity contribution in [3.63, 3.8) is 0 Å². The first-order valence-electron chi connectivity index (χ1n) is 12.1. The number of methoxy groups -OCH3 is 1. The first-order valence-corrected chi connectivity index (χ1v) is 13.9. The number of hydrogen-bond donors (Lipinski definition) is 1. The molecule has 2 amide bonds. The number of halogens is 1. The average molecular weight is 558 g/mol. The molecule has 0 aliphatic carbocycles. The van der Waals surface area contributed by atoms with Crippen molar-refractivity contribution in [3.05, 3.63) is 88.9 Å². The van der Waals surface area contributed by atoms with Crippen molar-refractivity contribution in [1.29, 1.82) is 0 Å². The fraction of sp³-hybridized carbons (Fsp3) is 0.286. The molecule has 1 unspecified atom stereocenters. The van der Waals surface area contributed by atoms with Gasteiger partial charge in [0.2, 0.25) is 11.8 Å². The number of hydrogen-bond acceptors (Lipinski definition) is 5. The quantitative estimate of drug-likeness (QED) is 0.377. The van der Waals surface area contributed by atoms with E-state index in [-0.39, 0.29) is 23.0 Å². The van der Waals surface area contributed by atoms with Crippen LogP contribution in [-0.4, -0.2) is 51.9 Å². The van der Waals surface area contributed by atoms with E-state index >= 15 is 0 Å². The Morgan fingerprint density at radius 3 is 2.24 bits per heavy atom. The molecule has 1 atom stereocenters. The number of benzene rings is 3. The Morgan fingerprint density at radius 2 is 1.68 bits per heavy atom. The van der Waals surface area contributed by atoms with Gasteiger partial charge in [-0.05, 0) is 60.9 Å². The smallest absolute Gasteiger partial charge is 0.264 e. The molecule has 0 fully saturated rings. The zero-order valence-electron chi connectivity index (χ0n) is 21.8. The third kappa shape index (κ3) is 6.65. The normalized spacial score (nSPS) is 11.9. The van der Waals surface area contributed by atoms with E-state index < -0.39 is 28.5 Å². The molecule has 10 heteroatoms. The summed E-state index contributed by atoms with van der Waals surface area (Å²) in [6, 6.07) is 19.0. The predicted octanol–water partition coefficient (Wildman–Crippen LogP) is 4.41. The van der Waals surface area contributed by atoms with Gasteiger partial charge in [0.15, 0.2) is 0 Å². The summed E-state index contributed by atoms with van der Waals surface area (Å²) >= 11 is 6.34. The van der Waals surface area contributed by atoms with Gasteiger partial charge in [0.25, 0.3) is 10.0 Å². The van der Waals surface area contributed by atoms with E-state index in [1.165, 1.54) is 30.1 Å². The maximum atomic E-state index is 13.9. The van der Waals surface area contributed by atoms with Gasteiger partial charge in [-0.3, -0.25) is 13.9 Å². The van der Waals surface area contributed by atoms with Gasteiger partial charge in [0.05, 0.1) is 17.7 Å². The summed E-state index contributed by atoms with van der Waals surface area (Å²) in [5.41, 5.74) is 1.78. The SMILES string of the molecule is CCC(C(=O)NC)N(Cc1ccc(OC)cc1)C(=O)CN(c1ccc(C)c(Cl)c1)S(=O)(=O)c1ccccc1. The number of aryl methyl sites for hydroxylation is 1. The lowest BCUT2D eigenvalue weighted by molar-refractivity contribution is -0.140.